The molecule has 2 aliphatic rings. The highest BCUT2D eigenvalue weighted by Crippen LogP contribution is 2.42. The van der Waals surface area contributed by atoms with Gasteiger partial charge >= 0.3 is 0 Å². The molecular formula is C28H31N5O5S2. The molecule has 40 heavy (non-hydrogen) atoms. The van der Waals surface area contributed by atoms with Crippen molar-refractivity contribution in [2.24, 2.45) is 0 Å². The summed E-state index contributed by atoms with van der Waals surface area (Å²) < 4.78 is 59.1. The number of benzene rings is 1. The number of anilines is 1. The normalized spacial score (nSPS) is 23.1. The van der Waals surface area contributed by atoms with Crippen LogP contribution in [0.5, 0.6) is 0 Å². The highest BCUT2D eigenvalue weighted by atomic mass is 32.2. The fourth-order valence-corrected chi connectivity index (χ4v) is 8.69. The van der Waals surface area contributed by atoms with Crippen LogP contribution in [0.15, 0.2) is 59.8 Å². The summed E-state index contributed by atoms with van der Waals surface area (Å²) in [6.45, 7) is 7.34. The van der Waals surface area contributed by atoms with Gasteiger partial charge in [0.25, 0.3) is 10.0 Å². The minimum Gasteiger partial charge on any atom is -0.377 e. The topological polar surface area (TPSA) is 124 Å². The van der Waals surface area contributed by atoms with Gasteiger partial charge in [-0.1, -0.05) is 17.7 Å². The summed E-state index contributed by atoms with van der Waals surface area (Å²) in [6, 6.07) is 11.9. The third kappa shape index (κ3) is 4.29. The predicted molar refractivity (Wildman–Crippen MR) is 153 cm³/mol. The van der Waals surface area contributed by atoms with E-state index in [-0.39, 0.29) is 22.3 Å². The molecule has 2 aliphatic heterocycles. The maximum absolute atomic E-state index is 13.5. The van der Waals surface area contributed by atoms with Crippen LogP contribution in [0.2, 0.25) is 0 Å². The summed E-state index contributed by atoms with van der Waals surface area (Å²) in [7, 11) is -7.33. The number of hydrogen-bond acceptors (Lipinski definition) is 9. The number of sulfone groups is 1. The van der Waals surface area contributed by atoms with Crippen molar-refractivity contribution in [3.05, 3.63) is 66.1 Å². The molecule has 2 saturated heterocycles. The Labute approximate surface area is 234 Å². The second-order valence-electron chi connectivity index (χ2n) is 10.7. The van der Waals surface area contributed by atoms with E-state index in [0.29, 0.717) is 60.9 Å². The molecule has 0 amide bonds. The van der Waals surface area contributed by atoms with Crippen molar-refractivity contribution in [1.82, 2.24) is 18.9 Å². The van der Waals surface area contributed by atoms with Gasteiger partial charge in [0.15, 0.2) is 21.3 Å². The largest absolute Gasteiger partial charge is 0.377 e. The van der Waals surface area contributed by atoms with Crippen molar-refractivity contribution < 1.29 is 21.6 Å². The van der Waals surface area contributed by atoms with Crippen molar-refractivity contribution in [1.29, 1.82) is 0 Å². The Morgan fingerprint density at radius 2 is 1.88 bits per heavy atom. The minimum absolute atomic E-state index is 0.0375. The molecule has 0 bridgehead atoms. The lowest BCUT2D eigenvalue weighted by Gasteiger charge is -2.35. The van der Waals surface area contributed by atoms with Crippen LogP contribution >= 0.6 is 0 Å². The fraction of sp³-hybridized carbons (Fsp3) is 0.393. The summed E-state index contributed by atoms with van der Waals surface area (Å²) >= 11 is 0. The maximum Gasteiger partial charge on any atom is 0.269 e. The van der Waals surface area contributed by atoms with E-state index >= 15 is 0 Å². The SMILES string of the molecule is Cc1ccc(S(=O)(=O)n2ccc3c(-c4nc(N5CCOCC5C)cc(C5(C)CCCS5(=O)=O)n4)ccnc32)cc1. The summed E-state index contributed by atoms with van der Waals surface area (Å²) in [4.78, 5) is 16.4. The zero-order valence-corrected chi connectivity index (χ0v) is 24.2. The molecule has 0 aliphatic carbocycles. The van der Waals surface area contributed by atoms with Crippen LogP contribution < -0.4 is 4.90 Å². The molecular weight excluding hydrogens is 550 g/mol. The van der Waals surface area contributed by atoms with Crippen LogP contribution in [0.25, 0.3) is 22.4 Å². The van der Waals surface area contributed by atoms with Crippen molar-refractivity contribution in [2.75, 3.05) is 30.4 Å². The van der Waals surface area contributed by atoms with E-state index < -0.39 is 24.6 Å². The Bertz CT molecular complexity index is 1820. The highest BCUT2D eigenvalue weighted by molar-refractivity contribution is 7.92. The fourth-order valence-electron chi connectivity index (χ4n) is 5.54. The Balaban J connectivity index is 1.53. The first-order valence-electron chi connectivity index (χ1n) is 13.3. The number of aromatic nitrogens is 4. The molecule has 10 nitrogen and oxygen atoms in total. The van der Waals surface area contributed by atoms with Gasteiger partial charge in [0.1, 0.15) is 10.6 Å². The molecule has 1 aromatic carbocycles. The van der Waals surface area contributed by atoms with E-state index in [2.05, 4.69) is 9.88 Å². The lowest BCUT2D eigenvalue weighted by atomic mass is 10.0. The molecule has 0 spiro atoms. The molecule has 2 fully saturated rings. The van der Waals surface area contributed by atoms with Crippen molar-refractivity contribution >= 4 is 36.7 Å². The van der Waals surface area contributed by atoms with Gasteiger partial charge in [-0.25, -0.2) is 35.8 Å². The number of pyridine rings is 1. The lowest BCUT2D eigenvalue weighted by Crippen LogP contribution is -2.44. The van der Waals surface area contributed by atoms with Gasteiger partial charge in [-0.05, 0) is 57.9 Å². The maximum atomic E-state index is 13.5. The zero-order chi connectivity index (χ0) is 28.3. The van der Waals surface area contributed by atoms with Crippen molar-refractivity contribution in [3.63, 3.8) is 0 Å². The average molecular weight is 582 g/mol. The van der Waals surface area contributed by atoms with E-state index in [9.17, 15) is 16.8 Å². The van der Waals surface area contributed by atoms with Crippen LogP contribution in [0.4, 0.5) is 5.82 Å². The molecule has 12 heteroatoms. The van der Waals surface area contributed by atoms with Gasteiger partial charge in [0.2, 0.25) is 0 Å². The van der Waals surface area contributed by atoms with Crippen LogP contribution in [-0.4, -0.2) is 67.3 Å². The summed E-state index contributed by atoms with van der Waals surface area (Å²) in [5.41, 5.74) is 2.22. The second-order valence-corrected chi connectivity index (χ2v) is 15.1. The van der Waals surface area contributed by atoms with Crippen molar-refractivity contribution in [3.8, 4) is 11.4 Å². The number of morpholine rings is 1. The smallest absolute Gasteiger partial charge is 0.269 e. The van der Waals surface area contributed by atoms with Crippen molar-refractivity contribution in [2.45, 2.75) is 49.3 Å². The zero-order valence-electron chi connectivity index (χ0n) is 22.6. The lowest BCUT2D eigenvalue weighted by molar-refractivity contribution is 0.0985. The molecule has 210 valence electrons. The van der Waals surface area contributed by atoms with Gasteiger partial charge in [0, 0.05) is 36.0 Å². The Hall–Kier alpha value is -3.35. The number of aryl methyl sites for hydroxylation is 1. The van der Waals surface area contributed by atoms with E-state index in [1.165, 1.54) is 12.4 Å². The molecule has 0 saturated carbocycles. The highest BCUT2D eigenvalue weighted by Gasteiger charge is 2.47. The Kier molecular flexibility index (Phi) is 6.47. The van der Waals surface area contributed by atoms with Crippen LogP contribution in [0, 0.1) is 6.92 Å². The summed E-state index contributed by atoms with van der Waals surface area (Å²) in [5, 5.41) is 0.552. The Morgan fingerprint density at radius 3 is 2.58 bits per heavy atom. The molecule has 5 heterocycles. The molecule has 6 rings (SSSR count). The number of hydrogen-bond donors (Lipinski definition) is 0. The molecule has 2 unspecified atom stereocenters. The molecule has 0 N–H and O–H groups in total. The molecule has 3 aromatic heterocycles. The average Bonchev–Trinajstić information content (AvgIpc) is 3.50. The summed E-state index contributed by atoms with van der Waals surface area (Å²) in [6.07, 6.45) is 4.05. The first-order valence-corrected chi connectivity index (χ1v) is 16.4. The van der Waals surface area contributed by atoms with E-state index in [4.69, 9.17) is 14.7 Å². The second kappa shape index (κ2) is 9.64. The standard InChI is InChI=1S/C28H31N5O5S2/c1-19-5-7-21(8-6-19)40(36,37)33-13-10-23-22(9-12-29-27(23)33)26-30-24(28(3)11-4-16-39(28,34)35)17-25(31-26)32-14-15-38-18-20(32)2/h5-10,12-13,17,20H,4,11,14-16,18H2,1-3H3. The number of rotatable bonds is 5. The monoisotopic (exact) mass is 581 g/mol. The van der Waals surface area contributed by atoms with Crippen LogP contribution in [0.1, 0.15) is 37.9 Å². The minimum atomic E-state index is -3.91. The van der Waals surface area contributed by atoms with Gasteiger partial charge in [-0.3, -0.25) is 0 Å². The summed E-state index contributed by atoms with van der Waals surface area (Å²) in [5.74, 6) is 1.06. The number of ether oxygens (including phenoxy) is 1. The quantitative estimate of drug-likeness (QED) is 0.347. The number of nitrogens with zero attached hydrogens (tertiary/aromatic N) is 5. The molecule has 2 atom stereocenters. The van der Waals surface area contributed by atoms with E-state index in [1.807, 2.05) is 13.8 Å². The van der Waals surface area contributed by atoms with E-state index in [0.717, 1.165) is 9.54 Å². The Morgan fingerprint density at radius 1 is 1.10 bits per heavy atom. The van der Waals surface area contributed by atoms with E-state index in [1.54, 1.807) is 49.4 Å². The molecule has 0 radical (unpaired) electrons. The molecule has 4 aromatic rings. The first kappa shape index (κ1) is 26.9. The predicted octanol–water partition coefficient (Wildman–Crippen LogP) is 3.69. The van der Waals surface area contributed by atoms with Crippen LogP contribution in [-0.2, 0) is 29.3 Å². The third-order valence-corrected chi connectivity index (χ3v) is 12.3. The van der Waals surface area contributed by atoms with Gasteiger partial charge < -0.3 is 9.64 Å². The third-order valence-electron chi connectivity index (χ3n) is 8.04. The van der Waals surface area contributed by atoms with Gasteiger partial charge in [-0.2, -0.15) is 0 Å². The number of fused-ring (bicyclic) bond motifs is 1. The van der Waals surface area contributed by atoms with Crippen LogP contribution in [0.3, 0.4) is 0 Å². The first-order chi connectivity index (χ1) is 19.0. The van der Waals surface area contributed by atoms with Gasteiger partial charge in [-0.15, -0.1) is 0 Å². The van der Waals surface area contributed by atoms with Gasteiger partial charge in [0.05, 0.1) is 35.6 Å².